The predicted molar refractivity (Wildman–Crippen MR) is 93.5 cm³/mol. The number of thioether (sulfide) groups is 1. The van der Waals surface area contributed by atoms with Crippen LogP contribution in [-0.2, 0) is 6.61 Å². The van der Waals surface area contributed by atoms with Crippen molar-refractivity contribution in [2.75, 3.05) is 12.3 Å². The van der Waals surface area contributed by atoms with Gasteiger partial charge in [0, 0.05) is 17.9 Å². The largest absolute Gasteiger partial charge is 0.488 e. The molecule has 1 aliphatic heterocycles. The van der Waals surface area contributed by atoms with Crippen molar-refractivity contribution >= 4 is 32.7 Å². The first-order valence-corrected chi connectivity index (χ1v) is 8.66. The van der Waals surface area contributed by atoms with E-state index >= 15 is 0 Å². The van der Waals surface area contributed by atoms with Gasteiger partial charge in [0.05, 0.1) is 9.52 Å². The van der Waals surface area contributed by atoms with Gasteiger partial charge in [0.1, 0.15) is 12.4 Å². The molecule has 21 heavy (non-hydrogen) atoms. The molecule has 0 N–H and O–H groups in total. The molecule has 0 spiro atoms. The van der Waals surface area contributed by atoms with E-state index in [0.29, 0.717) is 6.61 Å². The molecule has 0 amide bonds. The zero-order chi connectivity index (χ0) is 14.7. The van der Waals surface area contributed by atoms with E-state index in [-0.39, 0.29) is 0 Å². The van der Waals surface area contributed by atoms with Crippen LogP contribution in [0.5, 0.6) is 5.75 Å². The number of aliphatic imine (C=N–C) groups is 1. The second-order valence-corrected chi connectivity index (χ2v) is 6.90. The zero-order valence-electron chi connectivity index (χ0n) is 11.8. The van der Waals surface area contributed by atoms with Gasteiger partial charge in [0.25, 0.3) is 0 Å². The van der Waals surface area contributed by atoms with E-state index < -0.39 is 0 Å². The number of aryl methyl sites for hydroxylation is 1. The smallest absolute Gasteiger partial charge is 0.134 e. The lowest BCUT2D eigenvalue weighted by Crippen LogP contribution is -1.98. The highest BCUT2D eigenvalue weighted by atomic mass is 79.9. The van der Waals surface area contributed by atoms with Crippen LogP contribution < -0.4 is 4.74 Å². The second-order valence-electron chi connectivity index (χ2n) is 4.96. The number of hydrogen-bond donors (Lipinski definition) is 0. The number of hydrogen-bond acceptors (Lipinski definition) is 3. The van der Waals surface area contributed by atoms with Crippen LogP contribution in [-0.4, -0.2) is 17.3 Å². The molecule has 0 radical (unpaired) electrons. The van der Waals surface area contributed by atoms with E-state index in [9.17, 15) is 0 Å². The molecule has 0 bridgehead atoms. The van der Waals surface area contributed by atoms with E-state index in [2.05, 4.69) is 64.2 Å². The van der Waals surface area contributed by atoms with E-state index in [0.717, 1.165) is 33.1 Å². The monoisotopic (exact) mass is 361 g/mol. The van der Waals surface area contributed by atoms with E-state index in [1.54, 1.807) is 0 Å². The quantitative estimate of drug-likeness (QED) is 0.777. The summed E-state index contributed by atoms with van der Waals surface area (Å²) in [5.41, 5.74) is 3.59. The average molecular weight is 362 g/mol. The van der Waals surface area contributed by atoms with Gasteiger partial charge < -0.3 is 4.74 Å². The second kappa shape index (κ2) is 6.67. The molecule has 0 fully saturated rings. The van der Waals surface area contributed by atoms with Gasteiger partial charge in [-0.2, -0.15) is 0 Å². The molecule has 0 aliphatic carbocycles. The topological polar surface area (TPSA) is 21.6 Å². The lowest BCUT2D eigenvalue weighted by Gasteiger charge is -2.10. The first kappa shape index (κ1) is 14.7. The zero-order valence-corrected chi connectivity index (χ0v) is 14.2. The summed E-state index contributed by atoms with van der Waals surface area (Å²) in [7, 11) is 0. The number of benzene rings is 2. The number of nitrogens with zero attached hydrogens (tertiary/aromatic N) is 1. The van der Waals surface area contributed by atoms with Gasteiger partial charge in [0.15, 0.2) is 0 Å². The van der Waals surface area contributed by atoms with Crippen LogP contribution in [0.15, 0.2) is 51.9 Å². The minimum atomic E-state index is 0.579. The molecule has 2 aromatic rings. The Labute approximate surface area is 137 Å². The van der Waals surface area contributed by atoms with Crippen molar-refractivity contribution in [3.05, 3.63) is 63.6 Å². The molecule has 3 rings (SSSR count). The first-order chi connectivity index (χ1) is 10.2. The predicted octanol–water partition coefficient (Wildman–Crippen LogP) is 4.83. The Kier molecular flexibility index (Phi) is 4.66. The van der Waals surface area contributed by atoms with E-state index in [4.69, 9.17) is 4.74 Å². The Morgan fingerprint density at radius 1 is 1.24 bits per heavy atom. The van der Waals surface area contributed by atoms with Crippen molar-refractivity contribution < 1.29 is 4.74 Å². The van der Waals surface area contributed by atoms with Crippen molar-refractivity contribution in [2.24, 2.45) is 4.99 Å². The summed E-state index contributed by atoms with van der Waals surface area (Å²) in [5, 5.41) is 1.13. The van der Waals surface area contributed by atoms with Crippen LogP contribution in [0.3, 0.4) is 0 Å². The average Bonchev–Trinajstić information content (AvgIpc) is 3.00. The molecule has 0 atom stereocenters. The Hall–Kier alpha value is -1.26. The third-order valence-electron chi connectivity index (χ3n) is 3.24. The molecule has 1 aliphatic rings. The van der Waals surface area contributed by atoms with Gasteiger partial charge in [-0.25, -0.2) is 0 Å². The van der Waals surface area contributed by atoms with Crippen LogP contribution >= 0.6 is 27.7 Å². The molecule has 2 nitrogen and oxygen atoms in total. The molecule has 0 aromatic heterocycles. The van der Waals surface area contributed by atoms with Crippen molar-refractivity contribution in [1.29, 1.82) is 0 Å². The van der Waals surface area contributed by atoms with Gasteiger partial charge in [-0.3, -0.25) is 4.99 Å². The normalized spacial score (nSPS) is 14.1. The molecular formula is C17H16BrNOS. The highest BCUT2D eigenvalue weighted by molar-refractivity contribution is 9.10. The van der Waals surface area contributed by atoms with Gasteiger partial charge in [0.2, 0.25) is 0 Å². The van der Waals surface area contributed by atoms with Crippen molar-refractivity contribution in [2.45, 2.75) is 13.5 Å². The Balaban J connectivity index is 1.71. The maximum Gasteiger partial charge on any atom is 0.134 e. The number of ether oxygens (including phenoxy) is 1. The van der Waals surface area contributed by atoms with Gasteiger partial charge in [-0.1, -0.05) is 29.8 Å². The first-order valence-electron chi connectivity index (χ1n) is 6.88. The molecular weight excluding hydrogens is 346 g/mol. The fourth-order valence-electron chi connectivity index (χ4n) is 2.22. The van der Waals surface area contributed by atoms with Gasteiger partial charge in [-0.05, 0) is 46.6 Å². The molecule has 0 unspecified atom stereocenters. The lowest BCUT2D eigenvalue weighted by molar-refractivity contribution is 0.304. The third-order valence-corrected chi connectivity index (χ3v) is 4.89. The molecule has 0 saturated heterocycles. The summed E-state index contributed by atoms with van der Waals surface area (Å²) in [5.74, 6) is 1.95. The molecule has 4 heteroatoms. The molecule has 0 saturated carbocycles. The maximum absolute atomic E-state index is 5.90. The minimum Gasteiger partial charge on any atom is -0.488 e. The molecule has 108 valence electrons. The van der Waals surface area contributed by atoms with Crippen LogP contribution in [0.1, 0.15) is 16.7 Å². The molecule has 1 heterocycles. The lowest BCUT2D eigenvalue weighted by atomic mass is 10.1. The van der Waals surface area contributed by atoms with Crippen molar-refractivity contribution in [1.82, 2.24) is 0 Å². The van der Waals surface area contributed by atoms with Crippen LogP contribution in [0.4, 0.5) is 0 Å². The van der Waals surface area contributed by atoms with Crippen LogP contribution in [0.2, 0.25) is 0 Å². The summed E-state index contributed by atoms with van der Waals surface area (Å²) in [6.45, 7) is 3.59. The Bertz CT molecular complexity index is 684. The summed E-state index contributed by atoms with van der Waals surface area (Å²) in [6.07, 6.45) is 0. The SMILES string of the molecule is Cc1cccc(COc2ccc(C3=NCCS3)cc2Br)c1. The van der Waals surface area contributed by atoms with Crippen LogP contribution in [0.25, 0.3) is 0 Å². The van der Waals surface area contributed by atoms with Crippen molar-refractivity contribution in [3.8, 4) is 5.75 Å². The molecule has 2 aromatic carbocycles. The maximum atomic E-state index is 5.90. The van der Waals surface area contributed by atoms with Crippen molar-refractivity contribution in [3.63, 3.8) is 0 Å². The fourth-order valence-corrected chi connectivity index (χ4v) is 3.57. The number of halogens is 1. The summed E-state index contributed by atoms with van der Waals surface area (Å²) >= 11 is 5.40. The van der Waals surface area contributed by atoms with E-state index in [1.165, 1.54) is 11.1 Å². The fraction of sp³-hybridized carbons (Fsp3) is 0.235. The standard InChI is InChI=1S/C17H16BrNOS/c1-12-3-2-4-13(9-12)11-20-16-6-5-14(10-15(16)18)17-19-7-8-21-17/h2-6,9-10H,7-8,11H2,1H3. The summed E-state index contributed by atoms with van der Waals surface area (Å²) in [4.78, 5) is 4.50. The minimum absolute atomic E-state index is 0.579. The summed E-state index contributed by atoms with van der Waals surface area (Å²) < 4.78 is 6.88. The van der Waals surface area contributed by atoms with E-state index in [1.807, 2.05) is 17.8 Å². The summed E-state index contributed by atoms with van der Waals surface area (Å²) in [6, 6.07) is 14.5. The van der Waals surface area contributed by atoms with Crippen LogP contribution in [0, 0.1) is 6.92 Å². The number of rotatable bonds is 4. The van der Waals surface area contributed by atoms with Gasteiger partial charge in [-0.15, -0.1) is 11.8 Å². The Morgan fingerprint density at radius 3 is 2.86 bits per heavy atom. The highest BCUT2D eigenvalue weighted by Crippen LogP contribution is 2.29. The van der Waals surface area contributed by atoms with Gasteiger partial charge >= 0.3 is 0 Å². The highest BCUT2D eigenvalue weighted by Gasteiger charge is 2.12. The Morgan fingerprint density at radius 2 is 2.14 bits per heavy atom. The third kappa shape index (κ3) is 3.69.